The molecule has 17 heavy (non-hydrogen) atoms. The molecule has 4 unspecified atom stereocenters. The third-order valence-corrected chi connectivity index (χ3v) is 4.28. The molecule has 1 heterocycles. The van der Waals surface area contributed by atoms with Crippen LogP contribution in [0.25, 0.3) is 0 Å². The van der Waals surface area contributed by atoms with Crippen LogP contribution in [0.2, 0.25) is 0 Å². The van der Waals surface area contributed by atoms with E-state index in [1.807, 2.05) is 6.92 Å². The number of nitrogens with two attached hydrogens (primary N) is 1. The average Bonchev–Trinajstić information content (AvgIpc) is 2.78. The van der Waals surface area contributed by atoms with Crippen molar-refractivity contribution in [1.29, 1.82) is 0 Å². The fraction of sp³-hybridized carbons (Fsp3) is 0.714. The molecule has 0 saturated heterocycles. The van der Waals surface area contributed by atoms with Crippen LogP contribution in [0, 0.1) is 5.92 Å². The minimum absolute atomic E-state index is 0.0573. The van der Waals surface area contributed by atoms with Gasteiger partial charge in [0.05, 0.1) is 12.2 Å². The quantitative estimate of drug-likeness (QED) is 0.887. The van der Waals surface area contributed by atoms with E-state index >= 15 is 0 Å². The lowest BCUT2D eigenvalue weighted by molar-refractivity contribution is -0.0488. The summed E-state index contributed by atoms with van der Waals surface area (Å²) in [4.78, 5) is 0. The molecule has 0 aromatic carbocycles. The molecule has 1 aromatic rings. The Morgan fingerprint density at radius 2 is 2.29 bits per heavy atom. The molecule has 0 amide bonds. The van der Waals surface area contributed by atoms with Crippen LogP contribution in [0.4, 0.5) is 0 Å². The molecule has 0 aliphatic heterocycles. The smallest absolute Gasteiger partial charge is 0.0984 e. The van der Waals surface area contributed by atoms with E-state index in [0.29, 0.717) is 6.10 Å². The number of hydrogen-bond donors (Lipinski definition) is 1. The minimum Gasteiger partial charge on any atom is -0.369 e. The van der Waals surface area contributed by atoms with Crippen molar-refractivity contribution in [2.45, 2.75) is 57.8 Å². The van der Waals surface area contributed by atoms with Gasteiger partial charge >= 0.3 is 0 Å². The van der Waals surface area contributed by atoms with Crippen LogP contribution in [-0.2, 0) is 4.74 Å². The molecule has 3 heteroatoms. The van der Waals surface area contributed by atoms with E-state index in [1.165, 1.54) is 31.2 Å². The maximum absolute atomic E-state index is 6.25. The third kappa shape index (κ3) is 3.54. The molecule has 96 valence electrons. The average molecular weight is 253 g/mol. The number of ether oxygens (including phenoxy) is 1. The van der Waals surface area contributed by atoms with E-state index in [1.54, 1.807) is 11.3 Å². The molecule has 1 saturated carbocycles. The van der Waals surface area contributed by atoms with Gasteiger partial charge in [0.25, 0.3) is 0 Å². The molecule has 1 aliphatic carbocycles. The molecule has 0 bridgehead atoms. The largest absolute Gasteiger partial charge is 0.369 e. The summed E-state index contributed by atoms with van der Waals surface area (Å²) in [5, 5.41) is 4.25. The standard InChI is InChI=1S/C14H23NOS/c1-10-4-3-5-13(8-10)16-14(11(2)15)12-6-7-17-9-12/h6-7,9-11,13-14H,3-5,8,15H2,1-2H3. The molecule has 0 radical (unpaired) electrons. The maximum atomic E-state index is 6.25. The van der Waals surface area contributed by atoms with Gasteiger partial charge in [-0.3, -0.25) is 0 Å². The topological polar surface area (TPSA) is 35.2 Å². The van der Waals surface area contributed by atoms with Gasteiger partial charge in [-0.05, 0) is 48.1 Å². The minimum atomic E-state index is 0.0573. The van der Waals surface area contributed by atoms with Crippen LogP contribution < -0.4 is 5.73 Å². The van der Waals surface area contributed by atoms with Gasteiger partial charge in [0, 0.05) is 6.04 Å². The third-order valence-electron chi connectivity index (χ3n) is 3.58. The molecule has 0 spiro atoms. The molecular formula is C14H23NOS. The van der Waals surface area contributed by atoms with E-state index < -0.39 is 0 Å². The lowest BCUT2D eigenvalue weighted by Gasteiger charge is -2.32. The SMILES string of the molecule is CC1CCCC(OC(c2ccsc2)C(C)N)C1. The highest BCUT2D eigenvalue weighted by Crippen LogP contribution is 2.31. The Kier molecular flexibility index (Phi) is 4.60. The summed E-state index contributed by atoms with van der Waals surface area (Å²) < 4.78 is 6.25. The molecule has 2 nitrogen and oxygen atoms in total. The van der Waals surface area contributed by atoms with Gasteiger partial charge in [-0.25, -0.2) is 0 Å². The highest BCUT2D eigenvalue weighted by molar-refractivity contribution is 7.07. The second kappa shape index (κ2) is 5.98. The van der Waals surface area contributed by atoms with E-state index in [4.69, 9.17) is 10.5 Å². The maximum Gasteiger partial charge on any atom is 0.0984 e. The second-order valence-corrected chi connectivity index (χ2v) is 6.15. The van der Waals surface area contributed by atoms with Crippen LogP contribution in [0.3, 0.4) is 0 Å². The number of hydrogen-bond acceptors (Lipinski definition) is 3. The molecule has 4 atom stereocenters. The van der Waals surface area contributed by atoms with Gasteiger partial charge in [-0.2, -0.15) is 11.3 Å². The zero-order valence-corrected chi connectivity index (χ0v) is 11.6. The van der Waals surface area contributed by atoms with E-state index in [-0.39, 0.29) is 12.1 Å². The van der Waals surface area contributed by atoms with Crippen molar-refractivity contribution in [3.05, 3.63) is 22.4 Å². The summed E-state index contributed by atoms with van der Waals surface area (Å²) in [7, 11) is 0. The summed E-state index contributed by atoms with van der Waals surface area (Å²) in [6.45, 7) is 4.36. The lowest BCUT2D eigenvalue weighted by Crippen LogP contribution is -2.32. The normalized spacial score (nSPS) is 28.9. The van der Waals surface area contributed by atoms with Gasteiger partial charge in [-0.1, -0.05) is 19.8 Å². The first-order chi connectivity index (χ1) is 8.16. The van der Waals surface area contributed by atoms with Gasteiger partial charge in [0.15, 0.2) is 0 Å². The highest BCUT2D eigenvalue weighted by atomic mass is 32.1. The predicted octanol–water partition coefficient (Wildman–Crippen LogP) is 3.73. The number of rotatable bonds is 4. The molecule has 2 rings (SSSR count). The highest BCUT2D eigenvalue weighted by Gasteiger charge is 2.25. The van der Waals surface area contributed by atoms with Crippen molar-refractivity contribution in [2.75, 3.05) is 0 Å². The predicted molar refractivity (Wildman–Crippen MR) is 73.2 cm³/mol. The molecule has 2 N–H and O–H groups in total. The van der Waals surface area contributed by atoms with Crippen LogP contribution in [0.5, 0.6) is 0 Å². The van der Waals surface area contributed by atoms with Crippen molar-refractivity contribution < 1.29 is 4.74 Å². The van der Waals surface area contributed by atoms with Gasteiger partial charge < -0.3 is 10.5 Å². The van der Waals surface area contributed by atoms with Crippen molar-refractivity contribution in [3.8, 4) is 0 Å². The van der Waals surface area contributed by atoms with Gasteiger partial charge in [0.2, 0.25) is 0 Å². The monoisotopic (exact) mass is 253 g/mol. The zero-order chi connectivity index (χ0) is 12.3. The van der Waals surface area contributed by atoms with Crippen molar-refractivity contribution >= 4 is 11.3 Å². The van der Waals surface area contributed by atoms with Crippen molar-refractivity contribution in [1.82, 2.24) is 0 Å². The van der Waals surface area contributed by atoms with E-state index in [2.05, 4.69) is 23.8 Å². The number of thiophene rings is 1. The Bertz CT molecular complexity index is 323. The second-order valence-electron chi connectivity index (χ2n) is 5.37. The van der Waals surface area contributed by atoms with Crippen LogP contribution in [0.15, 0.2) is 16.8 Å². The first kappa shape index (κ1) is 13.1. The summed E-state index contributed by atoms with van der Waals surface area (Å²) in [5.74, 6) is 0.796. The van der Waals surface area contributed by atoms with Crippen molar-refractivity contribution in [2.24, 2.45) is 11.7 Å². The van der Waals surface area contributed by atoms with E-state index in [0.717, 1.165) is 5.92 Å². The molecule has 1 aromatic heterocycles. The molecule has 1 aliphatic rings. The van der Waals surface area contributed by atoms with Crippen LogP contribution in [-0.4, -0.2) is 12.1 Å². The first-order valence-corrected chi connectivity index (χ1v) is 7.54. The fourth-order valence-electron chi connectivity index (χ4n) is 2.65. The fourth-order valence-corrected chi connectivity index (χ4v) is 3.34. The van der Waals surface area contributed by atoms with Crippen molar-refractivity contribution in [3.63, 3.8) is 0 Å². The Morgan fingerprint density at radius 3 is 2.88 bits per heavy atom. The zero-order valence-electron chi connectivity index (χ0n) is 10.8. The Morgan fingerprint density at radius 1 is 1.47 bits per heavy atom. The summed E-state index contributed by atoms with van der Waals surface area (Å²) in [5.41, 5.74) is 7.30. The summed E-state index contributed by atoms with van der Waals surface area (Å²) in [6.07, 6.45) is 5.49. The Balaban J connectivity index is 1.98. The first-order valence-electron chi connectivity index (χ1n) is 6.60. The van der Waals surface area contributed by atoms with Gasteiger partial charge in [0.1, 0.15) is 0 Å². The molecule has 1 fully saturated rings. The Hall–Kier alpha value is -0.380. The lowest BCUT2D eigenvalue weighted by atomic mass is 9.88. The summed E-state index contributed by atoms with van der Waals surface area (Å²) >= 11 is 1.71. The Labute approximate surface area is 108 Å². The van der Waals surface area contributed by atoms with Crippen LogP contribution >= 0.6 is 11.3 Å². The molecular weight excluding hydrogens is 230 g/mol. The summed E-state index contributed by atoms with van der Waals surface area (Å²) in [6, 6.07) is 2.19. The van der Waals surface area contributed by atoms with Gasteiger partial charge in [-0.15, -0.1) is 0 Å². The van der Waals surface area contributed by atoms with Crippen LogP contribution in [0.1, 0.15) is 51.2 Å². The van der Waals surface area contributed by atoms with E-state index in [9.17, 15) is 0 Å².